The van der Waals surface area contributed by atoms with Crippen molar-refractivity contribution in [2.45, 2.75) is 0 Å². The number of carboxylic acids is 2. The number of carbonyl (C=O) groups excluding carboxylic acids is 2. The minimum Gasteiger partial charge on any atom is -0.506 e. The molecule has 0 saturated carbocycles. The number of aromatic nitrogens is 3. The average Bonchev–Trinajstić information content (AvgIpc) is 3.11. The third kappa shape index (κ3) is 8.34. The highest BCUT2D eigenvalue weighted by atomic mass is 16.5. The Morgan fingerprint density at radius 1 is 0.660 bits per heavy atom. The second-order valence-corrected chi connectivity index (χ2v) is 10.4. The van der Waals surface area contributed by atoms with Crippen LogP contribution < -0.4 is 20.7 Å². The summed E-state index contributed by atoms with van der Waals surface area (Å²) in [5.74, 6) is -3.10. The lowest BCUT2D eigenvalue weighted by molar-refractivity contribution is -0.136. The fourth-order valence-corrected chi connectivity index (χ4v) is 4.60. The Morgan fingerprint density at radius 3 is 1.98 bits per heavy atom. The normalized spacial score (nSPS) is 10.4. The molecule has 0 unspecified atom stereocenters. The molecule has 15 nitrogen and oxygen atoms in total. The standard InChI is InChI=1S/C18H15N3O4.C17H13N3O5/c22-14-8-4-3-7-13(14)21-16-12-6-2-1-5-11(12)9-19-17(16)18(25)20-10-15(23)24;21-14(22)9-20-17(24)15-16(23)13-6-11(4-3-10(13)7-19-15)25-12-2-1-5-18-8-12/h1-9,21-22H,10H2,(H,20,25)(H,23,24);1-8,23H,9H2,(H,20,24)(H,21,22). The predicted molar refractivity (Wildman–Crippen MR) is 181 cm³/mol. The maximum atomic E-state index is 12.3. The second kappa shape index (κ2) is 15.5. The molecule has 7 N–H and O–H groups in total. The third-order valence-corrected chi connectivity index (χ3v) is 6.90. The molecule has 3 heterocycles. The molecule has 252 valence electrons. The number of phenols is 1. The number of pyridine rings is 3. The Hall–Kier alpha value is -7.29. The number of ether oxygens (including phenoxy) is 1. The molecule has 3 aromatic heterocycles. The molecule has 6 rings (SSSR count). The van der Waals surface area contributed by atoms with Crippen molar-refractivity contribution >= 4 is 56.7 Å². The van der Waals surface area contributed by atoms with Gasteiger partial charge in [-0.1, -0.05) is 36.4 Å². The quantitative estimate of drug-likeness (QED) is 0.0996. The van der Waals surface area contributed by atoms with Crippen LogP contribution in [0.1, 0.15) is 21.0 Å². The summed E-state index contributed by atoms with van der Waals surface area (Å²) in [5.41, 5.74) is 0.589. The number of hydrogen-bond donors (Lipinski definition) is 7. The van der Waals surface area contributed by atoms with Gasteiger partial charge in [-0.2, -0.15) is 0 Å². The van der Waals surface area contributed by atoms with Gasteiger partial charge in [-0.05, 0) is 42.5 Å². The van der Waals surface area contributed by atoms with Gasteiger partial charge in [0.2, 0.25) is 0 Å². The van der Waals surface area contributed by atoms with Crippen molar-refractivity contribution in [2.24, 2.45) is 0 Å². The highest BCUT2D eigenvalue weighted by Gasteiger charge is 2.19. The lowest BCUT2D eigenvalue weighted by atomic mass is 10.1. The molecule has 2 amide bonds. The van der Waals surface area contributed by atoms with E-state index in [1.54, 1.807) is 67.1 Å². The van der Waals surface area contributed by atoms with Crippen LogP contribution in [0, 0.1) is 0 Å². The smallest absolute Gasteiger partial charge is 0.322 e. The SMILES string of the molecule is O=C(O)CNC(=O)c1ncc2ccc(Oc3cccnc3)cc2c1O.O=C(O)CNC(=O)c1ncc2ccccc2c1Nc1ccccc1O. The number of carboxylic acid groups (broad SMARTS) is 2. The van der Waals surface area contributed by atoms with Crippen LogP contribution in [0.4, 0.5) is 11.4 Å². The first-order valence-corrected chi connectivity index (χ1v) is 14.7. The summed E-state index contributed by atoms with van der Waals surface area (Å²) in [6.45, 7) is -1.08. The molecule has 15 heteroatoms. The van der Waals surface area contributed by atoms with Gasteiger partial charge in [-0.25, -0.2) is 9.97 Å². The molecule has 0 spiro atoms. The molecular weight excluding hydrogens is 648 g/mol. The van der Waals surface area contributed by atoms with Crippen molar-refractivity contribution in [1.82, 2.24) is 25.6 Å². The van der Waals surface area contributed by atoms with Crippen molar-refractivity contribution in [1.29, 1.82) is 0 Å². The van der Waals surface area contributed by atoms with Gasteiger partial charge >= 0.3 is 11.9 Å². The summed E-state index contributed by atoms with van der Waals surface area (Å²) >= 11 is 0. The van der Waals surface area contributed by atoms with Crippen LogP contribution in [0.5, 0.6) is 23.0 Å². The van der Waals surface area contributed by atoms with E-state index in [2.05, 4.69) is 30.9 Å². The number of aromatic hydroxyl groups is 2. The van der Waals surface area contributed by atoms with Crippen molar-refractivity contribution < 1.29 is 44.3 Å². The summed E-state index contributed by atoms with van der Waals surface area (Å²) in [5, 5.41) is 47.6. The lowest BCUT2D eigenvalue weighted by Crippen LogP contribution is -2.30. The van der Waals surface area contributed by atoms with Crippen LogP contribution >= 0.6 is 0 Å². The number of para-hydroxylation sites is 2. The minimum absolute atomic E-state index is 0.0207. The van der Waals surface area contributed by atoms with Crippen LogP contribution in [0.25, 0.3) is 21.5 Å². The maximum absolute atomic E-state index is 12.3. The summed E-state index contributed by atoms with van der Waals surface area (Å²) < 4.78 is 5.65. The number of hydrogen-bond acceptors (Lipinski definition) is 11. The van der Waals surface area contributed by atoms with E-state index in [9.17, 15) is 29.4 Å². The number of fused-ring (bicyclic) bond motifs is 2. The zero-order chi connectivity index (χ0) is 35.6. The number of rotatable bonds is 10. The van der Waals surface area contributed by atoms with Gasteiger partial charge in [-0.3, -0.25) is 24.2 Å². The highest BCUT2D eigenvalue weighted by molar-refractivity contribution is 6.08. The van der Waals surface area contributed by atoms with Crippen molar-refractivity contribution in [3.05, 3.63) is 115 Å². The van der Waals surface area contributed by atoms with Crippen LogP contribution in [0.2, 0.25) is 0 Å². The number of amides is 2. The number of carbonyl (C=O) groups is 4. The predicted octanol–water partition coefficient (Wildman–Crippen LogP) is 4.44. The van der Waals surface area contributed by atoms with Gasteiger partial charge in [0.05, 0.1) is 17.6 Å². The van der Waals surface area contributed by atoms with Crippen molar-refractivity contribution in [2.75, 3.05) is 18.4 Å². The molecule has 3 aromatic carbocycles. The Morgan fingerprint density at radius 2 is 1.30 bits per heavy atom. The second-order valence-electron chi connectivity index (χ2n) is 10.4. The molecule has 0 fully saturated rings. The Labute approximate surface area is 282 Å². The number of phenolic OH excluding ortho intramolecular Hbond substituents is 1. The van der Waals surface area contributed by atoms with E-state index in [-0.39, 0.29) is 22.9 Å². The van der Waals surface area contributed by atoms with E-state index >= 15 is 0 Å². The molecule has 0 radical (unpaired) electrons. The molecule has 0 bridgehead atoms. The maximum Gasteiger partial charge on any atom is 0.322 e. The van der Waals surface area contributed by atoms with Crippen LogP contribution in [0.3, 0.4) is 0 Å². The van der Waals surface area contributed by atoms with Gasteiger partial charge in [0.15, 0.2) is 17.1 Å². The van der Waals surface area contributed by atoms with Crippen LogP contribution in [0.15, 0.2) is 104 Å². The Bertz CT molecular complexity index is 2210. The van der Waals surface area contributed by atoms with Gasteiger partial charge in [0.25, 0.3) is 11.8 Å². The van der Waals surface area contributed by atoms with Crippen molar-refractivity contribution in [3.8, 4) is 23.0 Å². The number of nitrogens with one attached hydrogen (secondary N) is 3. The first-order valence-electron chi connectivity index (χ1n) is 14.7. The number of anilines is 2. The van der Waals surface area contributed by atoms with E-state index in [1.165, 1.54) is 12.3 Å². The van der Waals surface area contributed by atoms with Gasteiger partial charge in [0, 0.05) is 40.1 Å². The lowest BCUT2D eigenvalue weighted by Gasteiger charge is -2.15. The molecule has 0 aliphatic rings. The van der Waals surface area contributed by atoms with Gasteiger partial charge in [0.1, 0.15) is 30.3 Å². The highest BCUT2D eigenvalue weighted by Crippen LogP contribution is 2.33. The molecule has 6 aromatic rings. The van der Waals surface area contributed by atoms with E-state index in [4.69, 9.17) is 14.9 Å². The Balaban J connectivity index is 0.000000194. The average molecular weight is 677 g/mol. The fourth-order valence-electron chi connectivity index (χ4n) is 4.60. The summed E-state index contributed by atoms with van der Waals surface area (Å²) in [4.78, 5) is 57.5. The monoisotopic (exact) mass is 676 g/mol. The van der Waals surface area contributed by atoms with Crippen LogP contribution in [-0.4, -0.2) is 72.2 Å². The number of benzene rings is 3. The molecule has 0 aliphatic heterocycles. The molecule has 0 saturated heterocycles. The molecule has 0 atom stereocenters. The van der Waals surface area contributed by atoms with E-state index in [1.807, 2.05) is 24.3 Å². The third-order valence-electron chi connectivity index (χ3n) is 6.90. The van der Waals surface area contributed by atoms with Gasteiger partial charge < -0.3 is 41.1 Å². The Kier molecular flexibility index (Phi) is 10.6. The molecule has 0 aliphatic carbocycles. The zero-order valence-electron chi connectivity index (χ0n) is 25.9. The number of nitrogens with zero attached hydrogens (tertiary/aromatic N) is 3. The summed E-state index contributed by atoms with van der Waals surface area (Å²) in [6.07, 6.45) is 6.12. The first-order chi connectivity index (χ1) is 24.1. The molecular formula is C35H28N6O9. The summed E-state index contributed by atoms with van der Waals surface area (Å²) in [6, 6.07) is 22.3. The fraction of sp³-hybridized carbons (Fsp3) is 0.0571. The van der Waals surface area contributed by atoms with E-state index in [0.29, 0.717) is 33.6 Å². The zero-order valence-corrected chi connectivity index (χ0v) is 25.9. The molecule has 50 heavy (non-hydrogen) atoms. The van der Waals surface area contributed by atoms with E-state index in [0.717, 1.165) is 10.8 Å². The largest absolute Gasteiger partial charge is 0.506 e. The van der Waals surface area contributed by atoms with Crippen LogP contribution in [-0.2, 0) is 9.59 Å². The van der Waals surface area contributed by atoms with Crippen molar-refractivity contribution in [3.63, 3.8) is 0 Å². The topological polar surface area (TPSA) is 233 Å². The number of aliphatic carboxylic acids is 2. The summed E-state index contributed by atoms with van der Waals surface area (Å²) in [7, 11) is 0. The van der Waals surface area contributed by atoms with Gasteiger partial charge in [-0.15, -0.1) is 0 Å². The first kappa shape index (κ1) is 34.1. The minimum atomic E-state index is -1.19. The van der Waals surface area contributed by atoms with E-state index < -0.39 is 36.8 Å².